The SMILES string of the molecule is CC(C)Cn1c2c(c3cc(Cl)ccc31)CC(C(=O)O)CC2. The molecule has 3 rings (SSSR count). The second-order valence-corrected chi connectivity index (χ2v) is 6.81. The van der Waals surface area contributed by atoms with Gasteiger partial charge in [-0.2, -0.15) is 0 Å². The number of rotatable bonds is 3. The van der Waals surface area contributed by atoms with Gasteiger partial charge in [-0.1, -0.05) is 25.4 Å². The molecule has 4 heteroatoms. The molecule has 2 aromatic rings. The minimum absolute atomic E-state index is 0.269. The van der Waals surface area contributed by atoms with E-state index in [1.54, 1.807) is 0 Å². The molecule has 0 bridgehead atoms. The maximum Gasteiger partial charge on any atom is 0.306 e. The zero-order valence-electron chi connectivity index (χ0n) is 12.4. The lowest BCUT2D eigenvalue weighted by Gasteiger charge is -2.21. The van der Waals surface area contributed by atoms with Gasteiger partial charge in [-0.3, -0.25) is 4.79 Å². The molecule has 1 N–H and O–H groups in total. The summed E-state index contributed by atoms with van der Waals surface area (Å²) in [6.07, 6.45) is 2.18. The van der Waals surface area contributed by atoms with Crippen LogP contribution in [0, 0.1) is 11.8 Å². The van der Waals surface area contributed by atoms with Crippen LogP contribution in [0.5, 0.6) is 0 Å². The fraction of sp³-hybridized carbons (Fsp3) is 0.471. The lowest BCUT2D eigenvalue weighted by molar-refractivity contribution is -0.142. The van der Waals surface area contributed by atoms with Crippen LogP contribution in [0.4, 0.5) is 0 Å². The van der Waals surface area contributed by atoms with Crippen LogP contribution in [0.15, 0.2) is 18.2 Å². The summed E-state index contributed by atoms with van der Waals surface area (Å²) < 4.78 is 2.36. The van der Waals surface area contributed by atoms with E-state index in [1.807, 2.05) is 12.1 Å². The summed E-state index contributed by atoms with van der Waals surface area (Å²) >= 11 is 6.15. The highest BCUT2D eigenvalue weighted by Crippen LogP contribution is 2.36. The molecule has 1 unspecified atom stereocenters. The van der Waals surface area contributed by atoms with E-state index in [9.17, 15) is 9.90 Å². The number of carbonyl (C=O) groups is 1. The molecule has 0 saturated carbocycles. The molecule has 0 spiro atoms. The van der Waals surface area contributed by atoms with Crippen LogP contribution in [0.2, 0.25) is 5.02 Å². The van der Waals surface area contributed by atoms with E-state index in [4.69, 9.17) is 11.6 Å². The Morgan fingerprint density at radius 1 is 1.48 bits per heavy atom. The van der Waals surface area contributed by atoms with E-state index in [-0.39, 0.29) is 5.92 Å². The van der Waals surface area contributed by atoms with Crippen molar-refractivity contribution < 1.29 is 9.90 Å². The topological polar surface area (TPSA) is 42.2 Å². The summed E-state index contributed by atoms with van der Waals surface area (Å²) in [5.74, 6) is -0.403. The molecule has 0 radical (unpaired) electrons. The molecule has 1 aliphatic rings. The Labute approximate surface area is 129 Å². The smallest absolute Gasteiger partial charge is 0.306 e. The van der Waals surface area contributed by atoms with Crippen molar-refractivity contribution in [2.75, 3.05) is 0 Å². The lowest BCUT2D eigenvalue weighted by atomic mass is 9.86. The average Bonchev–Trinajstić information content (AvgIpc) is 2.71. The number of carboxylic acid groups (broad SMARTS) is 1. The zero-order chi connectivity index (χ0) is 15.1. The molecule has 1 aromatic heterocycles. The van der Waals surface area contributed by atoms with Gasteiger partial charge >= 0.3 is 5.97 Å². The van der Waals surface area contributed by atoms with Crippen molar-refractivity contribution in [3.05, 3.63) is 34.5 Å². The summed E-state index contributed by atoms with van der Waals surface area (Å²) in [6.45, 7) is 5.37. The lowest BCUT2D eigenvalue weighted by Crippen LogP contribution is -2.23. The number of aliphatic carboxylic acids is 1. The fourth-order valence-electron chi connectivity index (χ4n) is 3.41. The van der Waals surface area contributed by atoms with Gasteiger partial charge in [0, 0.05) is 28.2 Å². The molecule has 0 saturated heterocycles. The van der Waals surface area contributed by atoms with Crippen molar-refractivity contribution >= 4 is 28.5 Å². The Hall–Kier alpha value is -1.48. The Balaban J connectivity index is 2.18. The van der Waals surface area contributed by atoms with Crippen molar-refractivity contribution in [1.29, 1.82) is 0 Å². The van der Waals surface area contributed by atoms with Crippen molar-refractivity contribution in [3.8, 4) is 0 Å². The van der Waals surface area contributed by atoms with Gasteiger partial charge < -0.3 is 9.67 Å². The van der Waals surface area contributed by atoms with Crippen molar-refractivity contribution in [2.24, 2.45) is 11.8 Å². The molecule has 1 heterocycles. The average molecular weight is 306 g/mol. The molecular formula is C17H20ClNO2. The van der Waals surface area contributed by atoms with E-state index in [0.717, 1.165) is 24.8 Å². The number of hydrogen-bond donors (Lipinski definition) is 1. The normalized spacial score (nSPS) is 18.2. The summed E-state index contributed by atoms with van der Waals surface area (Å²) in [4.78, 5) is 11.3. The first kappa shape index (κ1) is 14.5. The van der Waals surface area contributed by atoms with Gasteiger partial charge in [-0.15, -0.1) is 0 Å². The molecular weight excluding hydrogens is 286 g/mol. The number of benzene rings is 1. The van der Waals surface area contributed by atoms with E-state index < -0.39 is 5.97 Å². The Kier molecular flexibility index (Phi) is 3.70. The van der Waals surface area contributed by atoms with Crippen molar-refractivity contribution in [1.82, 2.24) is 4.57 Å². The van der Waals surface area contributed by atoms with Gasteiger partial charge in [0.2, 0.25) is 0 Å². The number of nitrogens with zero attached hydrogens (tertiary/aromatic N) is 1. The molecule has 1 aliphatic carbocycles. The third-order valence-electron chi connectivity index (χ3n) is 4.33. The third-order valence-corrected chi connectivity index (χ3v) is 4.56. The molecule has 112 valence electrons. The monoisotopic (exact) mass is 305 g/mol. The Morgan fingerprint density at radius 3 is 2.90 bits per heavy atom. The summed E-state index contributed by atoms with van der Waals surface area (Å²) in [7, 11) is 0. The van der Waals surface area contributed by atoms with Gasteiger partial charge in [-0.25, -0.2) is 0 Å². The summed E-state index contributed by atoms with van der Waals surface area (Å²) in [5, 5.41) is 11.2. The van der Waals surface area contributed by atoms with Gasteiger partial charge in [0.15, 0.2) is 0 Å². The van der Waals surface area contributed by atoms with Crippen molar-refractivity contribution in [3.63, 3.8) is 0 Å². The first-order valence-corrected chi connectivity index (χ1v) is 7.87. The molecule has 21 heavy (non-hydrogen) atoms. The highest BCUT2D eigenvalue weighted by atomic mass is 35.5. The number of aromatic nitrogens is 1. The highest BCUT2D eigenvalue weighted by molar-refractivity contribution is 6.31. The van der Waals surface area contributed by atoms with Crippen LogP contribution in [0.25, 0.3) is 10.9 Å². The van der Waals surface area contributed by atoms with Crippen LogP contribution < -0.4 is 0 Å². The van der Waals surface area contributed by atoms with Crippen LogP contribution in [0.1, 0.15) is 31.5 Å². The van der Waals surface area contributed by atoms with E-state index in [0.29, 0.717) is 17.4 Å². The van der Waals surface area contributed by atoms with Crippen LogP contribution >= 0.6 is 11.6 Å². The summed E-state index contributed by atoms with van der Waals surface area (Å²) in [5.41, 5.74) is 3.68. The van der Waals surface area contributed by atoms with Gasteiger partial charge in [0.05, 0.1) is 5.92 Å². The minimum atomic E-state index is -0.688. The summed E-state index contributed by atoms with van der Waals surface area (Å²) in [6, 6.07) is 5.96. The maximum absolute atomic E-state index is 11.3. The molecule has 1 atom stereocenters. The minimum Gasteiger partial charge on any atom is -0.481 e. The third kappa shape index (κ3) is 2.55. The Morgan fingerprint density at radius 2 is 2.24 bits per heavy atom. The van der Waals surface area contributed by atoms with E-state index >= 15 is 0 Å². The highest BCUT2D eigenvalue weighted by Gasteiger charge is 2.29. The number of halogens is 1. The van der Waals surface area contributed by atoms with Crippen LogP contribution in [-0.2, 0) is 24.2 Å². The molecule has 1 aromatic carbocycles. The van der Waals surface area contributed by atoms with Crippen molar-refractivity contribution in [2.45, 2.75) is 39.7 Å². The second kappa shape index (κ2) is 5.38. The molecule has 0 aliphatic heterocycles. The number of hydrogen-bond acceptors (Lipinski definition) is 1. The quantitative estimate of drug-likeness (QED) is 0.926. The predicted octanol–water partition coefficient (Wildman–Crippen LogP) is 4.14. The number of fused-ring (bicyclic) bond motifs is 3. The molecule has 3 nitrogen and oxygen atoms in total. The predicted molar refractivity (Wildman–Crippen MR) is 84.9 cm³/mol. The standard InChI is InChI=1S/C17H20ClNO2/c1-10(2)9-19-15-5-3-11(17(20)21)7-13(15)14-8-12(18)4-6-16(14)19/h4,6,8,10-11H,3,5,7,9H2,1-2H3,(H,20,21). The van der Waals surface area contributed by atoms with Gasteiger partial charge in [0.25, 0.3) is 0 Å². The zero-order valence-corrected chi connectivity index (χ0v) is 13.2. The largest absolute Gasteiger partial charge is 0.481 e. The number of carboxylic acids is 1. The van der Waals surface area contributed by atoms with Gasteiger partial charge in [0.1, 0.15) is 0 Å². The molecule has 0 fully saturated rings. The Bertz CT molecular complexity index is 702. The first-order valence-electron chi connectivity index (χ1n) is 7.49. The van der Waals surface area contributed by atoms with E-state index in [1.165, 1.54) is 16.8 Å². The first-order chi connectivity index (χ1) is 9.97. The van der Waals surface area contributed by atoms with Gasteiger partial charge in [-0.05, 0) is 48.9 Å². The van der Waals surface area contributed by atoms with E-state index in [2.05, 4.69) is 24.5 Å². The van der Waals surface area contributed by atoms with Crippen LogP contribution in [-0.4, -0.2) is 15.6 Å². The second-order valence-electron chi connectivity index (χ2n) is 6.37. The van der Waals surface area contributed by atoms with Crippen LogP contribution in [0.3, 0.4) is 0 Å². The fourth-order valence-corrected chi connectivity index (χ4v) is 3.58. The maximum atomic E-state index is 11.3. The molecule has 0 amide bonds.